The summed E-state index contributed by atoms with van der Waals surface area (Å²) in [6.45, 7) is 3.62. The van der Waals surface area contributed by atoms with Crippen LogP contribution in [0.25, 0.3) is 10.4 Å². The van der Waals surface area contributed by atoms with E-state index in [1.807, 2.05) is 0 Å². The fourth-order valence-corrected chi connectivity index (χ4v) is 1.80. The van der Waals surface area contributed by atoms with Crippen LogP contribution in [0.4, 0.5) is 0 Å². The zero-order valence-electron chi connectivity index (χ0n) is 8.53. The predicted octanol–water partition coefficient (Wildman–Crippen LogP) is 0.534. The van der Waals surface area contributed by atoms with Crippen LogP contribution in [-0.2, 0) is 14.2 Å². The minimum absolute atomic E-state index is 0.145. The summed E-state index contributed by atoms with van der Waals surface area (Å²) in [6.07, 6.45) is -2.06. The molecule has 0 aromatic heterocycles. The molecule has 7 heteroatoms. The number of aliphatic hydroxyl groups is 1. The molecule has 15 heavy (non-hydrogen) atoms. The summed E-state index contributed by atoms with van der Waals surface area (Å²) in [5.74, 6) is -0.776. The van der Waals surface area contributed by atoms with Crippen LogP contribution < -0.4 is 0 Å². The fourth-order valence-electron chi connectivity index (χ4n) is 1.80. The molecule has 0 unspecified atom stereocenters. The Morgan fingerprint density at radius 1 is 1.47 bits per heavy atom. The lowest BCUT2D eigenvalue weighted by molar-refractivity contribution is -0.197. The second-order valence-electron chi connectivity index (χ2n) is 4.06. The van der Waals surface area contributed by atoms with Gasteiger partial charge in [-0.05, 0) is 19.4 Å². The highest BCUT2D eigenvalue weighted by Gasteiger charge is 2.50. The first kappa shape index (κ1) is 10.7. The number of hydrogen-bond acceptors (Lipinski definition) is 5. The molecule has 7 nitrogen and oxygen atoms in total. The van der Waals surface area contributed by atoms with E-state index in [-0.39, 0.29) is 6.61 Å². The van der Waals surface area contributed by atoms with Gasteiger partial charge >= 0.3 is 0 Å². The molecule has 2 aliphatic rings. The summed E-state index contributed by atoms with van der Waals surface area (Å²) in [7, 11) is 0. The van der Waals surface area contributed by atoms with Gasteiger partial charge in [0.1, 0.15) is 6.10 Å². The molecule has 2 saturated heterocycles. The molecular formula is C8H13N3O4. The Bertz CT molecular complexity index is 302. The average Bonchev–Trinajstić information content (AvgIpc) is 2.46. The summed E-state index contributed by atoms with van der Waals surface area (Å²) in [5, 5.41) is 13.3. The second-order valence-corrected chi connectivity index (χ2v) is 4.06. The van der Waals surface area contributed by atoms with E-state index in [0.717, 1.165) is 0 Å². The second kappa shape index (κ2) is 3.62. The molecule has 2 aliphatic heterocycles. The third kappa shape index (κ3) is 1.92. The number of nitrogens with zero attached hydrogens (tertiary/aromatic N) is 3. The van der Waals surface area contributed by atoms with E-state index in [1.165, 1.54) is 0 Å². The molecule has 2 fully saturated rings. The molecular weight excluding hydrogens is 202 g/mol. The van der Waals surface area contributed by atoms with Gasteiger partial charge in [-0.1, -0.05) is 5.11 Å². The van der Waals surface area contributed by atoms with E-state index in [1.54, 1.807) is 13.8 Å². The Kier molecular flexibility index (Phi) is 2.57. The highest BCUT2D eigenvalue weighted by atomic mass is 16.8. The topological polar surface area (TPSA) is 96.7 Å². The first-order chi connectivity index (χ1) is 7.03. The molecule has 2 heterocycles. The van der Waals surface area contributed by atoms with Gasteiger partial charge in [0, 0.05) is 4.91 Å². The van der Waals surface area contributed by atoms with Crippen molar-refractivity contribution in [2.45, 2.75) is 44.2 Å². The van der Waals surface area contributed by atoms with Crippen molar-refractivity contribution in [3.8, 4) is 0 Å². The zero-order chi connectivity index (χ0) is 11.1. The summed E-state index contributed by atoms with van der Waals surface area (Å²) in [6, 6.07) is -0.617. The van der Waals surface area contributed by atoms with Crippen LogP contribution in [-0.4, -0.2) is 42.0 Å². The largest absolute Gasteiger partial charge is 0.390 e. The monoisotopic (exact) mass is 215 g/mol. The summed E-state index contributed by atoms with van der Waals surface area (Å²) < 4.78 is 16.2. The number of hydrogen-bond donors (Lipinski definition) is 1. The van der Waals surface area contributed by atoms with Crippen molar-refractivity contribution in [3.63, 3.8) is 0 Å². The molecule has 1 N–H and O–H groups in total. The van der Waals surface area contributed by atoms with E-state index in [4.69, 9.17) is 19.7 Å². The predicted molar refractivity (Wildman–Crippen MR) is 48.7 cm³/mol. The zero-order valence-corrected chi connectivity index (χ0v) is 8.53. The lowest BCUT2D eigenvalue weighted by atomic mass is 10.0. The van der Waals surface area contributed by atoms with Gasteiger partial charge in [-0.25, -0.2) is 0 Å². The van der Waals surface area contributed by atoms with Gasteiger partial charge in [0.15, 0.2) is 12.1 Å². The lowest BCUT2D eigenvalue weighted by Crippen LogP contribution is -2.50. The Hall–Kier alpha value is -0.850. The van der Waals surface area contributed by atoms with Crippen LogP contribution in [0.1, 0.15) is 13.8 Å². The van der Waals surface area contributed by atoms with Crippen LogP contribution in [0.5, 0.6) is 0 Å². The van der Waals surface area contributed by atoms with E-state index in [9.17, 15) is 5.11 Å². The van der Waals surface area contributed by atoms with Crippen LogP contribution in [0.2, 0.25) is 0 Å². The highest BCUT2D eigenvalue weighted by molar-refractivity contribution is 4.92. The molecule has 0 saturated carbocycles. The first-order valence-corrected chi connectivity index (χ1v) is 4.73. The lowest BCUT2D eigenvalue weighted by Gasteiger charge is -2.31. The van der Waals surface area contributed by atoms with E-state index < -0.39 is 30.3 Å². The van der Waals surface area contributed by atoms with Gasteiger partial charge in [0.05, 0.1) is 18.8 Å². The van der Waals surface area contributed by atoms with Gasteiger partial charge in [-0.2, -0.15) is 0 Å². The van der Waals surface area contributed by atoms with Crippen molar-refractivity contribution in [2.75, 3.05) is 6.61 Å². The van der Waals surface area contributed by atoms with Gasteiger partial charge < -0.3 is 19.3 Å². The third-order valence-electron chi connectivity index (χ3n) is 2.45. The molecule has 0 bridgehead atoms. The molecule has 0 radical (unpaired) electrons. The van der Waals surface area contributed by atoms with Crippen LogP contribution in [0, 0.1) is 0 Å². The maximum Gasteiger partial charge on any atom is 0.189 e. The maximum atomic E-state index is 9.85. The quantitative estimate of drug-likeness (QED) is 0.392. The van der Waals surface area contributed by atoms with Crippen molar-refractivity contribution < 1.29 is 19.3 Å². The van der Waals surface area contributed by atoms with Gasteiger partial charge in [0.25, 0.3) is 0 Å². The summed E-state index contributed by atoms with van der Waals surface area (Å²) in [4.78, 5) is 2.65. The maximum absolute atomic E-state index is 9.85. The molecule has 0 aromatic carbocycles. The first-order valence-electron chi connectivity index (χ1n) is 4.73. The van der Waals surface area contributed by atoms with Gasteiger partial charge in [-0.15, -0.1) is 0 Å². The number of ether oxygens (including phenoxy) is 3. The van der Waals surface area contributed by atoms with E-state index in [0.29, 0.717) is 0 Å². The minimum Gasteiger partial charge on any atom is -0.390 e. The van der Waals surface area contributed by atoms with Crippen molar-refractivity contribution in [1.82, 2.24) is 0 Å². The van der Waals surface area contributed by atoms with Gasteiger partial charge in [0.2, 0.25) is 0 Å². The summed E-state index contributed by atoms with van der Waals surface area (Å²) in [5.41, 5.74) is 8.30. The Balaban J connectivity index is 2.12. The molecule has 0 amide bonds. The molecule has 0 aliphatic carbocycles. The van der Waals surface area contributed by atoms with Crippen LogP contribution in [0.15, 0.2) is 5.11 Å². The van der Waals surface area contributed by atoms with Crippen molar-refractivity contribution in [2.24, 2.45) is 5.11 Å². The SMILES string of the molecule is CC1(C)O[C@H]2OC[C@@H](N=[N+]=[N-])[C@@H](O)[C@@H]2O1. The molecule has 84 valence electrons. The number of fused-ring (bicyclic) bond motifs is 1. The highest BCUT2D eigenvalue weighted by Crippen LogP contribution is 2.34. The van der Waals surface area contributed by atoms with Crippen LogP contribution in [0.3, 0.4) is 0 Å². The Labute approximate surface area is 86.6 Å². The minimum atomic E-state index is -0.888. The van der Waals surface area contributed by atoms with Gasteiger partial charge in [-0.3, -0.25) is 0 Å². The number of azide groups is 1. The number of aliphatic hydroxyl groups excluding tert-OH is 1. The smallest absolute Gasteiger partial charge is 0.189 e. The molecule has 2 rings (SSSR count). The molecule has 0 aromatic rings. The van der Waals surface area contributed by atoms with Crippen molar-refractivity contribution in [3.05, 3.63) is 10.4 Å². The standard InChI is InChI=1S/C8H13N3O4/c1-8(2)14-6-5(12)4(10-11-9)3-13-7(6)15-8/h4-7,12H,3H2,1-2H3/t4-,5-,6+,7-/m1/s1. The summed E-state index contributed by atoms with van der Waals surface area (Å²) >= 11 is 0. The van der Waals surface area contributed by atoms with Crippen molar-refractivity contribution >= 4 is 0 Å². The third-order valence-corrected chi connectivity index (χ3v) is 2.45. The number of rotatable bonds is 1. The molecule has 4 atom stereocenters. The Morgan fingerprint density at radius 2 is 2.20 bits per heavy atom. The van der Waals surface area contributed by atoms with E-state index in [2.05, 4.69) is 10.0 Å². The van der Waals surface area contributed by atoms with Crippen LogP contribution >= 0.6 is 0 Å². The Morgan fingerprint density at radius 3 is 2.87 bits per heavy atom. The van der Waals surface area contributed by atoms with E-state index >= 15 is 0 Å². The fraction of sp³-hybridized carbons (Fsp3) is 1.00. The van der Waals surface area contributed by atoms with Crippen molar-refractivity contribution in [1.29, 1.82) is 0 Å². The average molecular weight is 215 g/mol. The molecule has 0 spiro atoms. The normalized spacial score (nSPS) is 43.1.